The molecule has 0 aromatic rings. The van der Waals surface area contributed by atoms with Crippen molar-refractivity contribution in [2.24, 2.45) is 5.92 Å². The maximum absolute atomic E-state index is 10.9. The van der Waals surface area contributed by atoms with Crippen LogP contribution in [0.4, 0.5) is 0 Å². The van der Waals surface area contributed by atoms with Gasteiger partial charge in [0.05, 0.1) is 11.5 Å². The maximum Gasteiger partial charge on any atom is 0.306 e. The lowest BCUT2D eigenvalue weighted by Crippen LogP contribution is -2.30. The van der Waals surface area contributed by atoms with E-state index in [0.29, 0.717) is 12.8 Å². The zero-order valence-electron chi connectivity index (χ0n) is 8.83. The molecule has 1 aliphatic rings. The van der Waals surface area contributed by atoms with Crippen LogP contribution in [0.15, 0.2) is 0 Å². The third-order valence-electron chi connectivity index (χ3n) is 3.15. The Kier molecular flexibility index (Phi) is 3.93. The molecule has 0 bridgehead atoms. The standard InChI is InChI=1S/C11H20O3/c1-2-5-9(10(12)13)8-11(14)6-3-4-7-11/h9,14H,2-8H2,1H3,(H,12,13). The maximum atomic E-state index is 10.9. The average molecular weight is 200 g/mol. The highest BCUT2D eigenvalue weighted by molar-refractivity contribution is 5.70. The molecule has 14 heavy (non-hydrogen) atoms. The topological polar surface area (TPSA) is 57.5 Å². The third-order valence-corrected chi connectivity index (χ3v) is 3.15. The quantitative estimate of drug-likeness (QED) is 0.715. The first-order valence-electron chi connectivity index (χ1n) is 5.52. The van der Waals surface area contributed by atoms with E-state index >= 15 is 0 Å². The van der Waals surface area contributed by atoms with E-state index in [2.05, 4.69) is 0 Å². The van der Waals surface area contributed by atoms with Crippen LogP contribution in [0.5, 0.6) is 0 Å². The molecule has 0 aliphatic heterocycles. The Morgan fingerprint density at radius 1 is 1.43 bits per heavy atom. The molecule has 1 saturated carbocycles. The van der Waals surface area contributed by atoms with Crippen molar-refractivity contribution in [1.82, 2.24) is 0 Å². The molecular weight excluding hydrogens is 180 g/mol. The van der Waals surface area contributed by atoms with Gasteiger partial charge in [-0.25, -0.2) is 0 Å². The predicted molar refractivity (Wildman–Crippen MR) is 54.1 cm³/mol. The summed E-state index contributed by atoms with van der Waals surface area (Å²) in [5.74, 6) is -1.12. The molecule has 0 radical (unpaired) electrons. The molecule has 2 N–H and O–H groups in total. The van der Waals surface area contributed by atoms with E-state index in [4.69, 9.17) is 5.11 Å². The van der Waals surface area contributed by atoms with Crippen LogP contribution in [0.2, 0.25) is 0 Å². The highest BCUT2D eigenvalue weighted by Crippen LogP contribution is 2.35. The van der Waals surface area contributed by atoms with E-state index in [1.165, 1.54) is 0 Å². The Balaban J connectivity index is 2.49. The van der Waals surface area contributed by atoms with Gasteiger partial charge in [0.25, 0.3) is 0 Å². The Labute approximate surface area is 85.1 Å². The summed E-state index contributed by atoms with van der Waals surface area (Å²) in [5, 5.41) is 19.0. The summed E-state index contributed by atoms with van der Waals surface area (Å²) in [4.78, 5) is 10.9. The van der Waals surface area contributed by atoms with Crippen LogP contribution in [-0.2, 0) is 4.79 Å². The number of rotatable bonds is 5. The molecule has 82 valence electrons. The predicted octanol–water partition coefficient (Wildman–Crippen LogP) is 2.18. The summed E-state index contributed by atoms with van der Waals surface area (Å²) >= 11 is 0. The summed E-state index contributed by atoms with van der Waals surface area (Å²) in [6.45, 7) is 1.98. The van der Waals surface area contributed by atoms with Gasteiger partial charge in [0, 0.05) is 0 Å². The zero-order valence-corrected chi connectivity index (χ0v) is 8.83. The van der Waals surface area contributed by atoms with Gasteiger partial charge in [0.1, 0.15) is 0 Å². The van der Waals surface area contributed by atoms with Crippen molar-refractivity contribution < 1.29 is 15.0 Å². The van der Waals surface area contributed by atoms with E-state index < -0.39 is 11.6 Å². The van der Waals surface area contributed by atoms with Crippen molar-refractivity contribution in [2.75, 3.05) is 0 Å². The molecule has 1 fully saturated rings. The Morgan fingerprint density at radius 2 is 2.00 bits per heavy atom. The average Bonchev–Trinajstić information content (AvgIpc) is 2.51. The molecule has 0 aromatic heterocycles. The van der Waals surface area contributed by atoms with E-state index in [0.717, 1.165) is 32.1 Å². The van der Waals surface area contributed by atoms with Crippen LogP contribution >= 0.6 is 0 Å². The van der Waals surface area contributed by atoms with Crippen LogP contribution in [0.1, 0.15) is 51.9 Å². The minimum Gasteiger partial charge on any atom is -0.481 e. The number of carboxylic acids is 1. The van der Waals surface area contributed by atoms with Crippen molar-refractivity contribution >= 4 is 5.97 Å². The second kappa shape index (κ2) is 4.78. The smallest absolute Gasteiger partial charge is 0.306 e. The van der Waals surface area contributed by atoms with Crippen molar-refractivity contribution in [3.8, 4) is 0 Å². The highest BCUT2D eigenvalue weighted by atomic mass is 16.4. The van der Waals surface area contributed by atoms with Crippen molar-refractivity contribution in [3.05, 3.63) is 0 Å². The third kappa shape index (κ3) is 2.98. The molecule has 0 amide bonds. The summed E-state index contributed by atoms with van der Waals surface area (Å²) in [6.07, 6.45) is 5.62. The molecule has 1 aliphatic carbocycles. The molecular formula is C11H20O3. The molecule has 1 atom stereocenters. The first-order valence-corrected chi connectivity index (χ1v) is 5.52. The Hall–Kier alpha value is -0.570. The van der Waals surface area contributed by atoms with E-state index in [9.17, 15) is 9.90 Å². The Bertz CT molecular complexity index is 195. The van der Waals surface area contributed by atoms with Crippen molar-refractivity contribution in [1.29, 1.82) is 0 Å². The fraction of sp³-hybridized carbons (Fsp3) is 0.909. The van der Waals surface area contributed by atoms with Gasteiger partial charge < -0.3 is 10.2 Å². The summed E-state index contributed by atoms with van der Waals surface area (Å²) in [6, 6.07) is 0. The monoisotopic (exact) mass is 200 g/mol. The second-order valence-electron chi connectivity index (χ2n) is 4.46. The molecule has 0 saturated heterocycles. The first kappa shape index (κ1) is 11.5. The van der Waals surface area contributed by atoms with Crippen LogP contribution in [0.25, 0.3) is 0 Å². The van der Waals surface area contributed by atoms with Gasteiger partial charge in [0.2, 0.25) is 0 Å². The Morgan fingerprint density at radius 3 is 2.43 bits per heavy atom. The van der Waals surface area contributed by atoms with Gasteiger partial charge in [0.15, 0.2) is 0 Å². The molecule has 1 unspecified atom stereocenters. The van der Waals surface area contributed by atoms with E-state index in [1.54, 1.807) is 0 Å². The number of hydrogen-bond acceptors (Lipinski definition) is 2. The van der Waals surface area contributed by atoms with Gasteiger partial charge in [-0.15, -0.1) is 0 Å². The molecule has 3 heteroatoms. The van der Waals surface area contributed by atoms with E-state index in [1.807, 2.05) is 6.92 Å². The summed E-state index contributed by atoms with van der Waals surface area (Å²) in [5.41, 5.74) is -0.682. The lowest BCUT2D eigenvalue weighted by Gasteiger charge is -2.25. The lowest BCUT2D eigenvalue weighted by atomic mass is 9.87. The number of aliphatic carboxylic acids is 1. The second-order valence-corrected chi connectivity index (χ2v) is 4.46. The number of carbonyl (C=O) groups is 1. The van der Waals surface area contributed by atoms with Gasteiger partial charge >= 0.3 is 5.97 Å². The SMILES string of the molecule is CCCC(CC1(O)CCCC1)C(=O)O. The van der Waals surface area contributed by atoms with Gasteiger partial charge in [-0.1, -0.05) is 26.2 Å². The van der Waals surface area contributed by atoms with Crippen LogP contribution in [0, 0.1) is 5.92 Å². The molecule has 0 heterocycles. The highest BCUT2D eigenvalue weighted by Gasteiger charge is 2.35. The first-order chi connectivity index (χ1) is 6.57. The molecule has 0 spiro atoms. The fourth-order valence-electron chi connectivity index (χ4n) is 2.36. The number of carboxylic acid groups (broad SMARTS) is 1. The minimum absolute atomic E-state index is 0.358. The summed E-state index contributed by atoms with van der Waals surface area (Å²) < 4.78 is 0. The summed E-state index contributed by atoms with van der Waals surface area (Å²) in [7, 11) is 0. The van der Waals surface area contributed by atoms with Gasteiger partial charge in [-0.3, -0.25) is 4.79 Å². The largest absolute Gasteiger partial charge is 0.481 e. The number of aliphatic hydroxyl groups is 1. The van der Waals surface area contributed by atoms with E-state index in [-0.39, 0.29) is 5.92 Å². The van der Waals surface area contributed by atoms with Crippen molar-refractivity contribution in [3.63, 3.8) is 0 Å². The van der Waals surface area contributed by atoms with Crippen LogP contribution in [0.3, 0.4) is 0 Å². The van der Waals surface area contributed by atoms with Crippen LogP contribution < -0.4 is 0 Å². The fourth-order valence-corrected chi connectivity index (χ4v) is 2.36. The molecule has 0 aromatic carbocycles. The normalized spacial score (nSPS) is 22.1. The zero-order chi connectivity index (χ0) is 10.6. The van der Waals surface area contributed by atoms with Crippen LogP contribution in [-0.4, -0.2) is 21.8 Å². The van der Waals surface area contributed by atoms with Crippen molar-refractivity contribution in [2.45, 2.75) is 57.5 Å². The minimum atomic E-state index is -0.757. The number of hydrogen-bond donors (Lipinski definition) is 2. The molecule has 1 rings (SSSR count). The lowest BCUT2D eigenvalue weighted by molar-refractivity contribution is -0.144. The molecule has 3 nitrogen and oxygen atoms in total. The van der Waals surface area contributed by atoms with Gasteiger partial charge in [-0.2, -0.15) is 0 Å². The van der Waals surface area contributed by atoms with Gasteiger partial charge in [-0.05, 0) is 25.7 Å².